The molecule has 34 heavy (non-hydrogen) atoms. The monoisotopic (exact) mass is 480 g/mol. The first-order valence-corrected chi connectivity index (χ1v) is 13.4. The Kier molecular flexibility index (Phi) is 7.39. The SMILES string of the molecule is CCOC(=O)OC(=O)CC[C@@H](C)[C@H]1CCC2[C@@H]3[C@H](O)CC4C[C@H](O)CC[C@]4(C)[C@H]3C[C@H](O)[C@@]21C. The van der Waals surface area contributed by atoms with Gasteiger partial charge in [-0.1, -0.05) is 20.8 Å². The molecule has 194 valence electrons. The van der Waals surface area contributed by atoms with E-state index in [0.29, 0.717) is 18.8 Å². The number of hydrogen-bond acceptors (Lipinski definition) is 7. The highest BCUT2D eigenvalue weighted by Crippen LogP contribution is 2.68. The van der Waals surface area contributed by atoms with Crippen LogP contribution in [0, 0.1) is 46.3 Å². The van der Waals surface area contributed by atoms with Crippen molar-refractivity contribution in [2.45, 2.75) is 104 Å². The molecule has 4 saturated carbocycles. The first kappa shape index (κ1) is 25.9. The molecule has 0 saturated heterocycles. The van der Waals surface area contributed by atoms with Gasteiger partial charge in [0.2, 0.25) is 0 Å². The van der Waals surface area contributed by atoms with Gasteiger partial charge in [-0.05, 0) is 105 Å². The van der Waals surface area contributed by atoms with Crippen LogP contribution in [0.3, 0.4) is 0 Å². The summed E-state index contributed by atoms with van der Waals surface area (Å²) in [4.78, 5) is 23.5. The maximum Gasteiger partial charge on any atom is 0.516 e. The van der Waals surface area contributed by atoms with E-state index < -0.39 is 18.2 Å². The lowest BCUT2D eigenvalue weighted by Gasteiger charge is -2.63. The first-order valence-electron chi connectivity index (χ1n) is 13.4. The summed E-state index contributed by atoms with van der Waals surface area (Å²) in [7, 11) is 0. The third-order valence-corrected chi connectivity index (χ3v) is 10.8. The highest BCUT2D eigenvalue weighted by molar-refractivity contribution is 5.81. The van der Waals surface area contributed by atoms with Crippen LogP contribution < -0.4 is 0 Å². The van der Waals surface area contributed by atoms with Crippen LogP contribution in [0.4, 0.5) is 4.79 Å². The van der Waals surface area contributed by atoms with Gasteiger partial charge in [-0.3, -0.25) is 4.79 Å². The Morgan fingerprint density at radius 3 is 2.47 bits per heavy atom. The average Bonchev–Trinajstić information content (AvgIpc) is 3.13. The Hall–Kier alpha value is -1.18. The summed E-state index contributed by atoms with van der Waals surface area (Å²) in [6, 6.07) is 0. The van der Waals surface area contributed by atoms with E-state index >= 15 is 0 Å². The number of aliphatic hydroxyl groups is 3. The predicted molar refractivity (Wildman–Crippen MR) is 126 cm³/mol. The molecule has 0 spiro atoms. The minimum absolute atomic E-state index is 0.0615. The Labute approximate surface area is 203 Å². The van der Waals surface area contributed by atoms with E-state index in [0.717, 1.165) is 38.5 Å². The van der Waals surface area contributed by atoms with Gasteiger partial charge in [-0.2, -0.15) is 0 Å². The molecule has 0 amide bonds. The van der Waals surface area contributed by atoms with Gasteiger partial charge in [0.05, 0.1) is 24.9 Å². The molecule has 4 aliphatic carbocycles. The molecule has 0 aromatic heterocycles. The fourth-order valence-electron chi connectivity index (χ4n) is 8.97. The number of esters is 1. The van der Waals surface area contributed by atoms with Crippen LogP contribution in [0.5, 0.6) is 0 Å². The molecule has 7 nitrogen and oxygen atoms in total. The zero-order valence-corrected chi connectivity index (χ0v) is 21.2. The van der Waals surface area contributed by atoms with E-state index in [4.69, 9.17) is 4.74 Å². The Morgan fingerprint density at radius 1 is 1.03 bits per heavy atom. The summed E-state index contributed by atoms with van der Waals surface area (Å²) in [5, 5.41) is 33.2. The van der Waals surface area contributed by atoms with E-state index in [9.17, 15) is 24.9 Å². The standard InChI is InChI=1S/C27H44O7/c1-5-33-25(32)34-23(31)9-6-15(2)18-7-8-19-24-20(14-22(30)27(18,19)4)26(3)11-10-17(28)12-16(26)13-21(24)29/h15-22,24,28-30H,5-14H2,1-4H3/t15-,16?,17-,18-,19?,20+,21-,22+,24+,26+,27-/m1/s1. The number of carbonyl (C=O) groups excluding carboxylic acids is 2. The zero-order valence-electron chi connectivity index (χ0n) is 21.2. The Balaban J connectivity index is 1.47. The van der Waals surface area contributed by atoms with Crippen molar-refractivity contribution < 1.29 is 34.4 Å². The van der Waals surface area contributed by atoms with Gasteiger partial charge in [-0.15, -0.1) is 0 Å². The minimum atomic E-state index is -0.949. The molecule has 0 bridgehead atoms. The maximum atomic E-state index is 12.1. The molecule has 0 aromatic carbocycles. The molecule has 11 atom stereocenters. The van der Waals surface area contributed by atoms with Crippen molar-refractivity contribution in [1.29, 1.82) is 0 Å². The summed E-state index contributed by atoms with van der Waals surface area (Å²) in [5.41, 5.74) is -0.240. The highest BCUT2D eigenvalue weighted by Gasteiger charge is 2.65. The molecule has 3 N–H and O–H groups in total. The number of fused-ring (bicyclic) bond motifs is 5. The van der Waals surface area contributed by atoms with Crippen molar-refractivity contribution >= 4 is 12.1 Å². The van der Waals surface area contributed by atoms with E-state index in [1.54, 1.807) is 6.92 Å². The molecular weight excluding hydrogens is 436 g/mol. The van der Waals surface area contributed by atoms with Crippen LogP contribution >= 0.6 is 0 Å². The van der Waals surface area contributed by atoms with Crippen molar-refractivity contribution in [3.05, 3.63) is 0 Å². The van der Waals surface area contributed by atoms with Gasteiger partial charge in [0.25, 0.3) is 0 Å². The van der Waals surface area contributed by atoms with E-state index in [-0.39, 0.29) is 65.7 Å². The van der Waals surface area contributed by atoms with E-state index in [1.807, 2.05) is 0 Å². The quantitative estimate of drug-likeness (QED) is 0.402. The summed E-state index contributed by atoms with van der Waals surface area (Å²) >= 11 is 0. The number of aliphatic hydroxyl groups excluding tert-OH is 3. The van der Waals surface area contributed by atoms with Crippen molar-refractivity contribution in [3.8, 4) is 0 Å². The van der Waals surface area contributed by atoms with Gasteiger partial charge in [0.15, 0.2) is 0 Å². The van der Waals surface area contributed by atoms with Gasteiger partial charge in [0, 0.05) is 6.42 Å². The Bertz CT molecular complexity index is 770. The topological polar surface area (TPSA) is 113 Å². The molecule has 2 unspecified atom stereocenters. The molecule has 7 heteroatoms. The fraction of sp³-hybridized carbons (Fsp3) is 0.926. The van der Waals surface area contributed by atoms with Crippen LogP contribution in [-0.2, 0) is 14.3 Å². The van der Waals surface area contributed by atoms with Crippen LogP contribution in [0.15, 0.2) is 0 Å². The third-order valence-electron chi connectivity index (χ3n) is 10.8. The van der Waals surface area contributed by atoms with Crippen molar-refractivity contribution in [1.82, 2.24) is 0 Å². The molecule has 4 rings (SSSR count). The minimum Gasteiger partial charge on any atom is -0.434 e. The number of hydrogen-bond donors (Lipinski definition) is 3. The molecule has 0 aromatic rings. The van der Waals surface area contributed by atoms with Crippen LogP contribution in [-0.4, -0.2) is 52.4 Å². The van der Waals surface area contributed by atoms with Crippen LogP contribution in [0.2, 0.25) is 0 Å². The molecule has 4 aliphatic rings. The van der Waals surface area contributed by atoms with Gasteiger partial charge >= 0.3 is 12.1 Å². The molecule has 0 radical (unpaired) electrons. The average molecular weight is 481 g/mol. The van der Waals surface area contributed by atoms with Gasteiger partial charge < -0.3 is 24.8 Å². The second-order valence-electron chi connectivity index (χ2n) is 12.2. The van der Waals surface area contributed by atoms with Crippen molar-refractivity contribution in [2.75, 3.05) is 6.61 Å². The number of carbonyl (C=O) groups is 2. The summed E-state index contributed by atoms with van der Waals surface area (Å²) in [5.74, 6) is 0.867. The summed E-state index contributed by atoms with van der Waals surface area (Å²) in [6.45, 7) is 8.50. The summed E-state index contributed by atoms with van der Waals surface area (Å²) in [6.07, 6.45) is 4.61. The van der Waals surface area contributed by atoms with Crippen molar-refractivity contribution in [2.24, 2.45) is 46.3 Å². The lowest BCUT2D eigenvalue weighted by Crippen LogP contribution is -2.62. The second kappa shape index (κ2) is 9.70. The van der Waals surface area contributed by atoms with Gasteiger partial charge in [0.1, 0.15) is 0 Å². The maximum absolute atomic E-state index is 12.1. The third kappa shape index (κ3) is 4.30. The molecule has 4 fully saturated rings. The first-order chi connectivity index (χ1) is 16.0. The van der Waals surface area contributed by atoms with Crippen molar-refractivity contribution in [3.63, 3.8) is 0 Å². The smallest absolute Gasteiger partial charge is 0.434 e. The fourth-order valence-corrected chi connectivity index (χ4v) is 8.97. The molecular formula is C27H44O7. The normalized spacial score (nSPS) is 46.6. The van der Waals surface area contributed by atoms with Crippen LogP contribution in [0.1, 0.15) is 85.5 Å². The molecule has 0 aliphatic heterocycles. The lowest BCUT2D eigenvalue weighted by atomic mass is 9.43. The highest BCUT2D eigenvalue weighted by atomic mass is 16.7. The molecule has 0 heterocycles. The van der Waals surface area contributed by atoms with Gasteiger partial charge in [-0.25, -0.2) is 4.79 Å². The number of ether oxygens (including phenoxy) is 2. The van der Waals surface area contributed by atoms with Crippen LogP contribution in [0.25, 0.3) is 0 Å². The van der Waals surface area contributed by atoms with E-state index in [1.165, 1.54) is 0 Å². The second-order valence-corrected chi connectivity index (χ2v) is 12.2. The van der Waals surface area contributed by atoms with E-state index in [2.05, 4.69) is 25.5 Å². The Morgan fingerprint density at radius 2 is 1.76 bits per heavy atom. The predicted octanol–water partition coefficient (Wildman–Crippen LogP) is 4.06. The largest absolute Gasteiger partial charge is 0.516 e. The number of rotatable bonds is 5. The zero-order chi connectivity index (χ0) is 24.8. The lowest BCUT2D eigenvalue weighted by molar-refractivity contribution is -0.207. The summed E-state index contributed by atoms with van der Waals surface area (Å²) < 4.78 is 9.39.